The van der Waals surface area contributed by atoms with Gasteiger partial charge in [0.15, 0.2) is 0 Å². The maximum atomic E-state index is 10.9. The summed E-state index contributed by atoms with van der Waals surface area (Å²) in [7, 11) is 0. The average Bonchev–Trinajstić information content (AvgIpc) is 2.16. The summed E-state index contributed by atoms with van der Waals surface area (Å²) in [5.41, 5.74) is 0.371. The molecule has 0 aromatic carbocycles. The Hall–Kier alpha value is -1.19. The molecule has 0 aliphatic carbocycles. The monoisotopic (exact) mass is 199 g/mol. The fourth-order valence-corrected chi connectivity index (χ4v) is 0.994. The molecule has 0 aliphatic heterocycles. The van der Waals surface area contributed by atoms with Crippen LogP contribution in [0.4, 0.5) is 0 Å². The molecule has 0 N–H and O–H groups in total. The van der Waals surface area contributed by atoms with E-state index in [1.165, 1.54) is 0 Å². The molecular formula is C10H17NO3. The molecule has 1 atom stereocenters. The van der Waals surface area contributed by atoms with Crippen molar-refractivity contribution in [2.24, 2.45) is 5.18 Å². The zero-order valence-corrected chi connectivity index (χ0v) is 8.78. The van der Waals surface area contributed by atoms with E-state index in [0.29, 0.717) is 12.0 Å². The van der Waals surface area contributed by atoms with Gasteiger partial charge in [0.1, 0.15) is 0 Å². The molecular weight excluding hydrogens is 182 g/mol. The van der Waals surface area contributed by atoms with Crippen LogP contribution < -0.4 is 0 Å². The van der Waals surface area contributed by atoms with Crippen LogP contribution in [0.2, 0.25) is 0 Å². The van der Waals surface area contributed by atoms with Crippen LogP contribution in [0.1, 0.15) is 33.1 Å². The number of ether oxygens (including phenoxy) is 1. The molecule has 0 bridgehead atoms. The SMILES string of the molecule is C=C(C)C(=O)OCCC(CCC)N=O. The summed E-state index contributed by atoms with van der Waals surface area (Å²) in [6, 6.07) is -0.238. The molecule has 0 radical (unpaired) electrons. The summed E-state index contributed by atoms with van der Waals surface area (Å²) in [6.45, 7) is 7.26. The molecule has 0 saturated heterocycles. The molecule has 0 rings (SSSR count). The second-order valence-corrected chi connectivity index (χ2v) is 3.25. The summed E-state index contributed by atoms with van der Waals surface area (Å²) < 4.78 is 4.84. The van der Waals surface area contributed by atoms with Crippen LogP contribution in [0, 0.1) is 4.91 Å². The molecule has 4 heteroatoms. The standard InChI is InChI=1S/C10H17NO3/c1-4-5-9(11-13)6-7-14-10(12)8(2)3/h9H,2,4-7H2,1,3H3. The molecule has 0 spiro atoms. The number of carbonyl (C=O) groups is 1. The lowest BCUT2D eigenvalue weighted by atomic mass is 10.1. The van der Waals surface area contributed by atoms with Crippen LogP contribution in [0.3, 0.4) is 0 Å². The van der Waals surface area contributed by atoms with Crippen LogP contribution in [0.5, 0.6) is 0 Å². The third-order valence-electron chi connectivity index (χ3n) is 1.80. The molecule has 80 valence electrons. The van der Waals surface area contributed by atoms with Crippen molar-refractivity contribution < 1.29 is 9.53 Å². The molecule has 4 nitrogen and oxygen atoms in total. The first-order valence-electron chi connectivity index (χ1n) is 4.76. The molecule has 0 aromatic heterocycles. The van der Waals surface area contributed by atoms with E-state index in [4.69, 9.17) is 4.74 Å². The Bertz CT molecular complexity index is 213. The van der Waals surface area contributed by atoms with Crippen molar-refractivity contribution in [3.8, 4) is 0 Å². The van der Waals surface area contributed by atoms with Crippen molar-refractivity contribution >= 4 is 5.97 Å². The Balaban J connectivity index is 3.65. The Labute approximate surface area is 84.3 Å². The summed E-state index contributed by atoms with van der Waals surface area (Å²) in [5.74, 6) is -0.411. The fraction of sp³-hybridized carbons (Fsp3) is 0.700. The van der Waals surface area contributed by atoms with E-state index in [1.54, 1.807) is 6.92 Å². The van der Waals surface area contributed by atoms with Gasteiger partial charge < -0.3 is 4.74 Å². The largest absolute Gasteiger partial charge is 0.462 e. The number of rotatable bonds is 7. The van der Waals surface area contributed by atoms with Gasteiger partial charge in [-0.15, -0.1) is 0 Å². The van der Waals surface area contributed by atoms with Crippen LogP contribution in [-0.4, -0.2) is 18.6 Å². The van der Waals surface area contributed by atoms with Crippen molar-refractivity contribution in [1.82, 2.24) is 0 Å². The maximum Gasteiger partial charge on any atom is 0.333 e. The number of nitroso groups, excluding NO2 is 1. The highest BCUT2D eigenvalue weighted by Crippen LogP contribution is 2.06. The maximum absolute atomic E-state index is 10.9. The van der Waals surface area contributed by atoms with Crippen molar-refractivity contribution in [3.63, 3.8) is 0 Å². The first-order chi connectivity index (χ1) is 6.61. The third kappa shape index (κ3) is 5.45. The summed E-state index contributed by atoms with van der Waals surface area (Å²) >= 11 is 0. The minimum absolute atomic E-state index is 0.238. The van der Waals surface area contributed by atoms with Gasteiger partial charge >= 0.3 is 5.97 Å². The Morgan fingerprint density at radius 3 is 2.57 bits per heavy atom. The first-order valence-corrected chi connectivity index (χ1v) is 4.76. The minimum atomic E-state index is -0.411. The Kier molecular flexibility index (Phi) is 6.62. The van der Waals surface area contributed by atoms with Gasteiger partial charge in [-0.2, -0.15) is 4.91 Å². The lowest BCUT2D eigenvalue weighted by Crippen LogP contribution is -2.12. The number of nitrogens with zero attached hydrogens (tertiary/aromatic N) is 1. The Morgan fingerprint density at radius 2 is 2.14 bits per heavy atom. The topological polar surface area (TPSA) is 55.7 Å². The normalized spacial score (nSPS) is 11.9. The van der Waals surface area contributed by atoms with Crippen molar-refractivity contribution in [3.05, 3.63) is 17.1 Å². The molecule has 1 unspecified atom stereocenters. The highest BCUT2D eigenvalue weighted by atomic mass is 16.5. The van der Waals surface area contributed by atoms with Crippen molar-refractivity contribution in [1.29, 1.82) is 0 Å². The molecule has 0 aromatic rings. The van der Waals surface area contributed by atoms with E-state index in [9.17, 15) is 9.70 Å². The third-order valence-corrected chi connectivity index (χ3v) is 1.80. The van der Waals surface area contributed by atoms with Gasteiger partial charge in [0.25, 0.3) is 0 Å². The molecule has 14 heavy (non-hydrogen) atoms. The van der Waals surface area contributed by atoms with E-state index >= 15 is 0 Å². The number of esters is 1. The second-order valence-electron chi connectivity index (χ2n) is 3.25. The smallest absolute Gasteiger partial charge is 0.333 e. The number of carbonyl (C=O) groups excluding carboxylic acids is 1. The second kappa shape index (κ2) is 7.24. The van der Waals surface area contributed by atoms with E-state index in [-0.39, 0.29) is 12.6 Å². The van der Waals surface area contributed by atoms with Crippen molar-refractivity contribution in [2.45, 2.75) is 39.2 Å². The zero-order valence-electron chi connectivity index (χ0n) is 8.78. The summed E-state index contributed by atoms with van der Waals surface area (Å²) in [4.78, 5) is 21.2. The summed E-state index contributed by atoms with van der Waals surface area (Å²) in [6.07, 6.45) is 2.15. The Morgan fingerprint density at radius 1 is 1.50 bits per heavy atom. The van der Waals surface area contributed by atoms with Gasteiger partial charge in [0.2, 0.25) is 0 Å². The predicted molar refractivity (Wildman–Crippen MR) is 54.9 cm³/mol. The molecule has 0 aliphatic rings. The van der Waals surface area contributed by atoms with E-state index in [1.807, 2.05) is 6.92 Å². The van der Waals surface area contributed by atoms with Crippen LogP contribution in [-0.2, 0) is 9.53 Å². The highest BCUT2D eigenvalue weighted by Gasteiger charge is 2.09. The molecule has 0 amide bonds. The van der Waals surface area contributed by atoms with Gasteiger partial charge in [-0.25, -0.2) is 4.79 Å². The van der Waals surface area contributed by atoms with E-state index < -0.39 is 5.97 Å². The lowest BCUT2D eigenvalue weighted by molar-refractivity contribution is -0.139. The average molecular weight is 199 g/mol. The van der Waals surface area contributed by atoms with Crippen LogP contribution in [0.15, 0.2) is 17.3 Å². The van der Waals surface area contributed by atoms with Crippen LogP contribution in [0.25, 0.3) is 0 Å². The highest BCUT2D eigenvalue weighted by molar-refractivity contribution is 5.86. The van der Waals surface area contributed by atoms with Gasteiger partial charge in [-0.05, 0) is 13.3 Å². The quantitative estimate of drug-likeness (QED) is 0.359. The molecule has 0 fully saturated rings. The molecule has 0 saturated carbocycles. The summed E-state index contributed by atoms with van der Waals surface area (Å²) in [5, 5.41) is 2.96. The first kappa shape index (κ1) is 12.8. The lowest BCUT2D eigenvalue weighted by Gasteiger charge is -2.07. The number of hydrogen-bond donors (Lipinski definition) is 0. The molecule has 0 heterocycles. The van der Waals surface area contributed by atoms with Gasteiger partial charge in [0.05, 0.1) is 12.6 Å². The minimum Gasteiger partial charge on any atom is -0.462 e. The van der Waals surface area contributed by atoms with Gasteiger partial charge in [-0.3, -0.25) is 0 Å². The van der Waals surface area contributed by atoms with Gasteiger partial charge in [0, 0.05) is 12.0 Å². The zero-order chi connectivity index (χ0) is 11.0. The van der Waals surface area contributed by atoms with Crippen LogP contribution >= 0.6 is 0 Å². The van der Waals surface area contributed by atoms with E-state index in [0.717, 1.165) is 12.8 Å². The predicted octanol–water partition coefficient (Wildman–Crippen LogP) is 2.43. The van der Waals surface area contributed by atoms with E-state index in [2.05, 4.69) is 11.8 Å². The van der Waals surface area contributed by atoms with Crippen molar-refractivity contribution in [2.75, 3.05) is 6.61 Å². The number of hydrogen-bond acceptors (Lipinski definition) is 4. The fourth-order valence-electron chi connectivity index (χ4n) is 0.994. The van der Waals surface area contributed by atoms with Gasteiger partial charge in [-0.1, -0.05) is 25.1 Å².